The molecule has 0 spiro atoms. The van der Waals surface area contributed by atoms with E-state index < -0.39 is 86.5 Å². The molecule has 1 aromatic rings. The molecule has 6 aliphatic rings. The van der Waals surface area contributed by atoms with E-state index in [1.807, 2.05) is 31.2 Å². The van der Waals surface area contributed by atoms with Gasteiger partial charge in [-0.05, 0) is 81.4 Å². The Morgan fingerprint density at radius 3 is 2.47 bits per heavy atom. The average Bonchev–Trinajstić information content (AvgIpc) is 4.09. The smallest absolute Gasteiger partial charge is 0.410 e. The van der Waals surface area contributed by atoms with E-state index in [1.165, 1.54) is 4.90 Å². The van der Waals surface area contributed by atoms with Crippen molar-refractivity contribution >= 4 is 51.9 Å². The first-order valence-electron chi connectivity index (χ1n) is 21.3. The van der Waals surface area contributed by atoms with Crippen LogP contribution in [0.1, 0.15) is 109 Å². The van der Waals surface area contributed by atoms with Gasteiger partial charge in [0.15, 0.2) is 0 Å². The topological polar surface area (TPSA) is 219 Å². The molecular formula is C42H58N6O11S. The molecule has 0 aromatic heterocycles. The van der Waals surface area contributed by atoms with Crippen LogP contribution in [-0.4, -0.2) is 114 Å². The van der Waals surface area contributed by atoms with Crippen LogP contribution < -0.4 is 20.7 Å². The molecule has 6 unspecified atom stereocenters. The van der Waals surface area contributed by atoms with Crippen LogP contribution in [0.5, 0.6) is 0 Å². The normalized spacial score (nSPS) is 29.1. The zero-order valence-corrected chi connectivity index (χ0v) is 35.6. The number of amides is 6. The second-order valence-corrected chi connectivity index (χ2v) is 20.0. The van der Waals surface area contributed by atoms with Gasteiger partial charge in [-0.2, -0.15) is 0 Å². The van der Waals surface area contributed by atoms with Gasteiger partial charge in [0.05, 0.1) is 31.6 Å². The lowest BCUT2D eigenvalue weighted by Crippen LogP contribution is -2.61. The predicted molar refractivity (Wildman–Crippen MR) is 217 cm³/mol. The minimum atomic E-state index is -3.92. The quantitative estimate of drug-likeness (QED) is 0.298. The molecule has 1 saturated heterocycles. The molecule has 4 N–H and O–H groups in total. The predicted octanol–water partition coefficient (Wildman–Crippen LogP) is 3.00. The molecular weight excluding hydrogens is 797 g/mol. The summed E-state index contributed by atoms with van der Waals surface area (Å²) in [5.41, 5.74) is 0.348. The van der Waals surface area contributed by atoms with Gasteiger partial charge in [-0.25, -0.2) is 18.0 Å². The molecule has 3 aliphatic carbocycles. The Kier molecular flexibility index (Phi) is 12.5. The van der Waals surface area contributed by atoms with Gasteiger partial charge >= 0.3 is 12.2 Å². The number of benzene rings is 1. The maximum Gasteiger partial charge on any atom is 0.410 e. The Morgan fingerprint density at radius 1 is 1.03 bits per heavy atom. The van der Waals surface area contributed by atoms with Crippen LogP contribution in [0.3, 0.4) is 0 Å². The Morgan fingerprint density at radius 2 is 1.78 bits per heavy atom. The van der Waals surface area contributed by atoms with Gasteiger partial charge in [-0.1, -0.05) is 63.0 Å². The molecule has 7 rings (SSSR count). The molecule has 4 fully saturated rings. The van der Waals surface area contributed by atoms with Crippen LogP contribution in [0.15, 0.2) is 24.3 Å². The van der Waals surface area contributed by atoms with E-state index in [0.717, 1.165) is 36.0 Å². The van der Waals surface area contributed by atoms with E-state index in [-0.39, 0.29) is 51.0 Å². The number of carbonyl (C=O) groups excluding carboxylic acids is 6. The number of ether oxygens (including phenoxy) is 3. The number of rotatable bonds is 8. The van der Waals surface area contributed by atoms with Gasteiger partial charge in [0, 0.05) is 13.0 Å². The standard InChI is InChI=1S/C42H58N6O11S/c1-5-28-20-42(28,38(52)46-60(55,56)30-16-17-30)45-36(50)33-19-29-22-48(33)37(51)34(26-11-7-6-8-12-26)44-35(49)32(43-39(53)59-41(2,3)4)24-57-18-10-15-25-13-9-14-27-21-47(23-31(25)27)40(54)58-29/h9-10,13-15,26,28-30,32-34H,5-8,11-12,16-24H2,1-4H3,(H,43,53)(H,44,49)(H,45,50)(H,46,52). The van der Waals surface area contributed by atoms with Gasteiger partial charge in [0.1, 0.15) is 35.4 Å². The second kappa shape index (κ2) is 17.3. The van der Waals surface area contributed by atoms with E-state index in [0.29, 0.717) is 38.6 Å². The molecule has 3 aliphatic heterocycles. The zero-order valence-electron chi connectivity index (χ0n) is 34.8. The molecule has 328 valence electrons. The maximum absolute atomic E-state index is 15.0. The van der Waals surface area contributed by atoms with Crippen molar-refractivity contribution in [2.75, 3.05) is 19.8 Å². The van der Waals surface area contributed by atoms with E-state index in [2.05, 4.69) is 20.7 Å². The molecule has 18 heteroatoms. The molecule has 6 atom stereocenters. The summed E-state index contributed by atoms with van der Waals surface area (Å²) in [5.74, 6) is -3.45. The van der Waals surface area contributed by atoms with Gasteiger partial charge < -0.3 is 35.1 Å². The van der Waals surface area contributed by atoms with E-state index in [1.54, 1.807) is 31.7 Å². The summed E-state index contributed by atoms with van der Waals surface area (Å²) < 4.78 is 45.3. The largest absolute Gasteiger partial charge is 0.444 e. The van der Waals surface area contributed by atoms with Crippen LogP contribution in [-0.2, 0) is 56.5 Å². The highest BCUT2D eigenvalue weighted by molar-refractivity contribution is 7.91. The number of hydrogen-bond donors (Lipinski definition) is 4. The average molecular weight is 855 g/mol. The van der Waals surface area contributed by atoms with Crippen LogP contribution >= 0.6 is 0 Å². The van der Waals surface area contributed by atoms with Crippen molar-refractivity contribution in [1.82, 2.24) is 30.5 Å². The van der Waals surface area contributed by atoms with E-state index >= 15 is 4.79 Å². The van der Waals surface area contributed by atoms with Gasteiger partial charge in [-0.3, -0.25) is 28.8 Å². The number of alkyl carbamates (subject to hydrolysis) is 1. The third-order valence-electron chi connectivity index (χ3n) is 12.4. The van der Waals surface area contributed by atoms with Crippen LogP contribution in [0.4, 0.5) is 9.59 Å². The van der Waals surface area contributed by atoms with Gasteiger partial charge in [0.2, 0.25) is 27.7 Å². The third kappa shape index (κ3) is 9.74. The molecule has 60 heavy (non-hydrogen) atoms. The summed E-state index contributed by atoms with van der Waals surface area (Å²) in [6.45, 7) is 7.14. The molecule has 1 aromatic carbocycles. The fourth-order valence-electron chi connectivity index (χ4n) is 8.96. The fourth-order valence-corrected chi connectivity index (χ4v) is 10.3. The monoisotopic (exact) mass is 854 g/mol. The summed E-state index contributed by atoms with van der Waals surface area (Å²) in [7, 11) is -3.92. The second-order valence-electron chi connectivity index (χ2n) is 18.1. The summed E-state index contributed by atoms with van der Waals surface area (Å²) in [4.78, 5) is 87.1. The summed E-state index contributed by atoms with van der Waals surface area (Å²) >= 11 is 0. The fraction of sp³-hybridized carbons (Fsp3) is 0.667. The molecule has 3 saturated carbocycles. The van der Waals surface area contributed by atoms with Crippen LogP contribution in [0.2, 0.25) is 0 Å². The number of sulfonamides is 1. The number of nitrogens with one attached hydrogen (secondary N) is 4. The lowest BCUT2D eigenvalue weighted by atomic mass is 9.83. The number of carbonyl (C=O) groups is 6. The summed E-state index contributed by atoms with van der Waals surface area (Å²) in [6, 6.07) is 2.09. The van der Waals surface area contributed by atoms with Crippen molar-refractivity contribution in [1.29, 1.82) is 0 Å². The molecule has 3 heterocycles. The molecule has 4 bridgehead atoms. The van der Waals surface area contributed by atoms with Crippen molar-refractivity contribution in [2.24, 2.45) is 11.8 Å². The van der Waals surface area contributed by atoms with Gasteiger partial charge in [-0.15, -0.1) is 0 Å². The zero-order chi connectivity index (χ0) is 43.0. The van der Waals surface area contributed by atoms with Crippen molar-refractivity contribution in [2.45, 2.75) is 146 Å². The van der Waals surface area contributed by atoms with Crippen molar-refractivity contribution in [3.8, 4) is 0 Å². The Labute approximate surface area is 351 Å². The number of fused-ring (bicyclic) bond motifs is 3. The van der Waals surface area contributed by atoms with Crippen molar-refractivity contribution in [3.05, 3.63) is 41.0 Å². The summed E-state index contributed by atoms with van der Waals surface area (Å²) in [6.07, 6.45) is 6.52. The minimum absolute atomic E-state index is 0.0807. The Bertz CT molecular complexity index is 2010. The first-order chi connectivity index (χ1) is 28.5. The van der Waals surface area contributed by atoms with Crippen LogP contribution in [0, 0.1) is 11.8 Å². The molecule has 0 radical (unpaired) electrons. The number of nitrogens with zero attached hydrogens (tertiary/aromatic N) is 2. The van der Waals surface area contributed by atoms with Gasteiger partial charge in [0.25, 0.3) is 5.91 Å². The first-order valence-corrected chi connectivity index (χ1v) is 22.8. The lowest BCUT2D eigenvalue weighted by molar-refractivity contribution is -0.144. The molecule has 17 nitrogen and oxygen atoms in total. The highest BCUT2D eigenvalue weighted by Crippen LogP contribution is 2.47. The Balaban J connectivity index is 1.20. The van der Waals surface area contributed by atoms with Crippen LogP contribution in [0.25, 0.3) is 6.08 Å². The SMILES string of the molecule is CCC1CC1(NC(=O)C1CC2CN1C(=O)C(C1CCCCC1)NC(=O)C(NC(=O)OC(C)(C)C)COCC=Cc1cccc3c1CN(C3)C(=O)O2)C(=O)NS(=O)(=O)C1CC1. The van der Waals surface area contributed by atoms with E-state index in [4.69, 9.17) is 14.2 Å². The minimum Gasteiger partial charge on any atom is -0.444 e. The maximum atomic E-state index is 15.0. The van der Waals surface area contributed by atoms with Crippen molar-refractivity contribution < 1.29 is 51.4 Å². The number of hydrogen-bond acceptors (Lipinski definition) is 11. The first kappa shape index (κ1) is 43.4. The lowest BCUT2D eigenvalue weighted by Gasteiger charge is -2.35. The van der Waals surface area contributed by atoms with Crippen molar-refractivity contribution in [3.63, 3.8) is 0 Å². The van der Waals surface area contributed by atoms with E-state index in [9.17, 15) is 32.4 Å². The highest BCUT2D eigenvalue weighted by atomic mass is 32.2. The molecule has 6 amide bonds. The summed E-state index contributed by atoms with van der Waals surface area (Å²) in [5, 5.41) is 7.70. The third-order valence-corrected chi connectivity index (χ3v) is 14.2. The Hall–Kier alpha value is -4.71. The highest BCUT2D eigenvalue weighted by Gasteiger charge is 2.62.